The summed E-state index contributed by atoms with van der Waals surface area (Å²) in [6.45, 7) is 5.28. The first kappa shape index (κ1) is 14.5. The summed E-state index contributed by atoms with van der Waals surface area (Å²) in [5.74, 6) is 0.843. The fraction of sp³-hybridized carbons (Fsp3) is 0.875. The smallest absolute Gasteiger partial charge is 0.0204 e. The molecule has 2 saturated carbocycles. The molecular weight excluding hydrogens is 238 g/mol. The predicted molar refractivity (Wildman–Crippen MR) is 83.4 cm³/mol. The largest absolute Gasteiger partial charge is 0.294 e. The zero-order valence-corrected chi connectivity index (χ0v) is 12.6. The molecule has 0 N–H and O–H groups in total. The van der Waals surface area contributed by atoms with Crippen LogP contribution in [0.3, 0.4) is 0 Å². The van der Waals surface area contributed by atoms with Crippen LogP contribution in [0.4, 0.5) is 0 Å². The molecule has 1 nitrogen and oxygen atoms in total. The van der Waals surface area contributed by atoms with Gasteiger partial charge in [-0.3, -0.25) is 4.90 Å². The highest BCUT2D eigenvalue weighted by atomic mass is 32.1. The lowest BCUT2D eigenvalue weighted by Gasteiger charge is -2.42. The van der Waals surface area contributed by atoms with Gasteiger partial charge >= 0.3 is 0 Å². The summed E-state index contributed by atoms with van der Waals surface area (Å²) >= 11 is 4.39. The lowest BCUT2D eigenvalue weighted by molar-refractivity contribution is 0.0913. The van der Waals surface area contributed by atoms with Crippen LogP contribution in [0.1, 0.15) is 64.2 Å². The first-order valence-electron chi connectivity index (χ1n) is 7.84. The molecular formula is C16H29NS. The third-order valence-corrected chi connectivity index (χ3v) is 5.16. The van der Waals surface area contributed by atoms with Crippen molar-refractivity contribution in [2.45, 2.75) is 76.3 Å². The highest BCUT2D eigenvalue weighted by Gasteiger charge is 2.28. The molecule has 0 saturated heterocycles. The highest BCUT2D eigenvalue weighted by Crippen LogP contribution is 2.30. The van der Waals surface area contributed by atoms with Crippen LogP contribution < -0.4 is 0 Å². The van der Waals surface area contributed by atoms with E-state index in [0.717, 1.165) is 24.4 Å². The van der Waals surface area contributed by atoms with E-state index in [9.17, 15) is 0 Å². The van der Waals surface area contributed by atoms with Crippen molar-refractivity contribution in [3.63, 3.8) is 0 Å². The molecule has 18 heavy (non-hydrogen) atoms. The van der Waals surface area contributed by atoms with Crippen molar-refractivity contribution in [2.24, 2.45) is 0 Å². The van der Waals surface area contributed by atoms with Crippen molar-refractivity contribution in [3.8, 4) is 0 Å². The Morgan fingerprint density at radius 2 is 1.33 bits per heavy atom. The number of hydrogen-bond donors (Lipinski definition) is 1. The zero-order valence-electron chi connectivity index (χ0n) is 11.7. The second-order valence-electron chi connectivity index (χ2n) is 6.16. The molecule has 0 aliphatic heterocycles. The van der Waals surface area contributed by atoms with Crippen LogP contribution in [0, 0.1) is 0 Å². The number of hydrogen-bond acceptors (Lipinski definition) is 2. The maximum atomic E-state index is 4.39. The monoisotopic (exact) mass is 267 g/mol. The molecule has 0 aromatic heterocycles. The minimum absolute atomic E-state index is 0.832. The Balaban J connectivity index is 1.97. The SMILES string of the molecule is C=C(CS)CN(C1CCCCC1)C1CCCCC1. The van der Waals surface area contributed by atoms with Crippen LogP contribution in [0.2, 0.25) is 0 Å². The van der Waals surface area contributed by atoms with Gasteiger partial charge in [0.1, 0.15) is 0 Å². The van der Waals surface area contributed by atoms with Crippen LogP contribution in [0.5, 0.6) is 0 Å². The first-order valence-corrected chi connectivity index (χ1v) is 8.47. The molecule has 2 aliphatic rings. The van der Waals surface area contributed by atoms with E-state index in [1.807, 2.05) is 0 Å². The van der Waals surface area contributed by atoms with Crippen LogP contribution in [0.15, 0.2) is 12.2 Å². The summed E-state index contributed by atoms with van der Waals surface area (Å²) in [5.41, 5.74) is 1.30. The summed E-state index contributed by atoms with van der Waals surface area (Å²) in [6, 6.07) is 1.66. The number of nitrogens with zero attached hydrogens (tertiary/aromatic N) is 1. The molecule has 0 radical (unpaired) electrons. The van der Waals surface area contributed by atoms with Crippen molar-refractivity contribution >= 4 is 12.6 Å². The van der Waals surface area contributed by atoms with Crippen LogP contribution in [-0.4, -0.2) is 29.3 Å². The first-order chi connectivity index (χ1) is 8.81. The molecule has 0 aromatic carbocycles. The molecule has 0 bridgehead atoms. The van der Waals surface area contributed by atoms with Gasteiger partial charge in [-0.25, -0.2) is 0 Å². The quantitative estimate of drug-likeness (QED) is 0.569. The third kappa shape index (κ3) is 4.03. The van der Waals surface area contributed by atoms with E-state index in [0.29, 0.717) is 0 Å². The molecule has 104 valence electrons. The third-order valence-electron chi connectivity index (χ3n) is 4.72. The van der Waals surface area contributed by atoms with Crippen molar-refractivity contribution in [1.82, 2.24) is 4.90 Å². The summed E-state index contributed by atoms with van der Waals surface area (Å²) in [4.78, 5) is 2.80. The second-order valence-corrected chi connectivity index (χ2v) is 6.48. The molecule has 0 atom stereocenters. The molecule has 2 fully saturated rings. The van der Waals surface area contributed by atoms with Gasteiger partial charge < -0.3 is 0 Å². The van der Waals surface area contributed by atoms with E-state index in [1.54, 1.807) is 0 Å². The van der Waals surface area contributed by atoms with Gasteiger partial charge in [-0.2, -0.15) is 12.6 Å². The van der Waals surface area contributed by atoms with E-state index < -0.39 is 0 Å². The van der Waals surface area contributed by atoms with Crippen molar-refractivity contribution in [1.29, 1.82) is 0 Å². The Morgan fingerprint density at radius 3 is 1.72 bits per heavy atom. The fourth-order valence-electron chi connectivity index (χ4n) is 3.69. The van der Waals surface area contributed by atoms with Gasteiger partial charge in [0.05, 0.1) is 0 Å². The average Bonchev–Trinajstić information content (AvgIpc) is 2.46. The normalized spacial score (nSPS) is 23.4. The highest BCUT2D eigenvalue weighted by molar-refractivity contribution is 7.80. The van der Waals surface area contributed by atoms with Gasteiger partial charge in [0.25, 0.3) is 0 Å². The van der Waals surface area contributed by atoms with Crippen LogP contribution >= 0.6 is 12.6 Å². The van der Waals surface area contributed by atoms with E-state index in [4.69, 9.17) is 0 Å². The Morgan fingerprint density at radius 1 is 0.889 bits per heavy atom. The lowest BCUT2D eigenvalue weighted by atomic mass is 9.88. The Hall–Kier alpha value is 0.0500. The second kappa shape index (κ2) is 7.59. The Labute approximate surface area is 118 Å². The Bertz CT molecular complexity index is 234. The standard InChI is InChI=1S/C16H29NS/c1-14(13-18)12-17(15-8-4-2-5-9-15)16-10-6-3-7-11-16/h15-16,18H,1-13H2. The van der Waals surface area contributed by atoms with Gasteiger partial charge in [0, 0.05) is 24.4 Å². The van der Waals surface area contributed by atoms with Gasteiger partial charge in [0.2, 0.25) is 0 Å². The molecule has 2 rings (SSSR count). The number of thiol groups is 1. The van der Waals surface area contributed by atoms with Gasteiger partial charge in [0.15, 0.2) is 0 Å². The summed E-state index contributed by atoms with van der Waals surface area (Å²) in [5, 5.41) is 0. The predicted octanol–water partition coefficient (Wildman–Crippen LogP) is 4.44. The molecule has 2 aliphatic carbocycles. The Kier molecular flexibility index (Phi) is 6.10. The van der Waals surface area contributed by atoms with Gasteiger partial charge in [-0.15, -0.1) is 0 Å². The summed E-state index contributed by atoms with van der Waals surface area (Å²) in [7, 11) is 0. The topological polar surface area (TPSA) is 3.24 Å². The maximum Gasteiger partial charge on any atom is 0.0204 e. The summed E-state index contributed by atoms with van der Waals surface area (Å²) < 4.78 is 0. The van der Waals surface area contributed by atoms with E-state index in [2.05, 4.69) is 24.1 Å². The molecule has 0 spiro atoms. The van der Waals surface area contributed by atoms with Crippen molar-refractivity contribution < 1.29 is 0 Å². The van der Waals surface area contributed by atoms with Gasteiger partial charge in [-0.05, 0) is 25.7 Å². The van der Waals surface area contributed by atoms with Gasteiger partial charge in [-0.1, -0.05) is 50.7 Å². The van der Waals surface area contributed by atoms with Crippen LogP contribution in [0.25, 0.3) is 0 Å². The fourth-order valence-corrected chi connectivity index (χ4v) is 3.79. The molecule has 0 aromatic rings. The van der Waals surface area contributed by atoms with E-state index in [-0.39, 0.29) is 0 Å². The minimum Gasteiger partial charge on any atom is -0.294 e. The van der Waals surface area contributed by atoms with E-state index >= 15 is 0 Å². The van der Waals surface area contributed by atoms with Crippen LogP contribution in [-0.2, 0) is 0 Å². The zero-order chi connectivity index (χ0) is 12.8. The van der Waals surface area contributed by atoms with Crippen molar-refractivity contribution in [2.75, 3.05) is 12.3 Å². The summed E-state index contributed by atoms with van der Waals surface area (Å²) in [6.07, 6.45) is 14.3. The molecule has 0 heterocycles. The number of rotatable bonds is 5. The van der Waals surface area contributed by atoms with Crippen molar-refractivity contribution in [3.05, 3.63) is 12.2 Å². The maximum absolute atomic E-state index is 4.39. The lowest BCUT2D eigenvalue weighted by Crippen LogP contribution is -2.46. The molecule has 2 heteroatoms. The average molecular weight is 267 g/mol. The minimum atomic E-state index is 0.832. The molecule has 0 unspecified atom stereocenters. The molecule has 0 amide bonds. The van der Waals surface area contributed by atoms with E-state index in [1.165, 1.54) is 69.8 Å².